The molecule has 0 amide bonds. The van der Waals surface area contributed by atoms with E-state index in [1.54, 1.807) is 0 Å². The highest BCUT2D eigenvalue weighted by Gasteiger charge is 2.20. The van der Waals surface area contributed by atoms with Gasteiger partial charge in [-0.25, -0.2) is 0 Å². The molecular weight excluding hydrogens is 597 g/mol. The first-order chi connectivity index (χ1) is 24.3. The fraction of sp³-hybridized carbons (Fsp3) is 0. The van der Waals surface area contributed by atoms with E-state index in [4.69, 9.17) is 4.42 Å². The quantitative estimate of drug-likeness (QED) is 0.190. The molecule has 10 aromatic rings. The van der Waals surface area contributed by atoms with Gasteiger partial charge in [0.15, 0.2) is 0 Å². The number of benzene rings is 8. The largest absolute Gasteiger partial charge is 0.456 e. The van der Waals surface area contributed by atoms with Crippen molar-refractivity contribution in [3.8, 4) is 16.8 Å². The lowest BCUT2D eigenvalue weighted by Gasteiger charge is -2.27. The number of fused-ring (bicyclic) bond motifs is 8. The second kappa shape index (κ2) is 11.0. The van der Waals surface area contributed by atoms with Gasteiger partial charge in [-0.3, -0.25) is 0 Å². The molecule has 2 aromatic heterocycles. The summed E-state index contributed by atoms with van der Waals surface area (Å²) in [5.41, 5.74) is 10.9. The summed E-state index contributed by atoms with van der Waals surface area (Å²) < 4.78 is 8.74. The van der Waals surface area contributed by atoms with E-state index in [2.05, 4.69) is 179 Å². The zero-order valence-corrected chi connectivity index (χ0v) is 26.6. The molecule has 0 unspecified atom stereocenters. The minimum Gasteiger partial charge on any atom is -0.456 e. The Morgan fingerprint density at radius 1 is 0.388 bits per heavy atom. The average Bonchev–Trinajstić information content (AvgIpc) is 3.73. The van der Waals surface area contributed by atoms with Gasteiger partial charge in [-0.05, 0) is 88.6 Å². The molecule has 3 nitrogen and oxygen atoms in total. The maximum atomic E-state index is 6.34. The monoisotopic (exact) mass is 626 g/mol. The molecule has 0 aliphatic heterocycles. The summed E-state index contributed by atoms with van der Waals surface area (Å²) in [5, 5.41) is 7.28. The van der Waals surface area contributed by atoms with Gasteiger partial charge in [0, 0.05) is 33.2 Å². The van der Waals surface area contributed by atoms with E-state index >= 15 is 0 Å². The highest BCUT2D eigenvalue weighted by molar-refractivity contribution is 6.21. The number of hydrogen-bond donors (Lipinski definition) is 0. The molecule has 0 N–H and O–H groups in total. The van der Waals surface area contributed by atoms with E-state index in [1.807, 2.05) is 12.1 Å². The van der Waals surface area contributed by atoms with Gasteiger partial charge in [-0.15, -0.1) is 0 Å². The average molecular weight is 627 g/mol. The number of rotatable bonds is 5. The molecule has 0 fully saturated rings. The molecule has 2 heterocycles. The zero-order chi connectivity index (χ0) is 32.3. The van der Waals surface area contributed by atoms with Gasteiger partial charge >= 0.3 is 0 Å². The van der Waals surface area contributed by atoms with Crippen LogP contribution < -0.4 is 4.90 Å². The fourth-order valence-electron chi connectivity index (χ4n) is 7.57. The molecule has 49 heavy (non-hydrogen) atoms. The Kier molecular flexibility index (Phi) is 6.18. The molecule has 0 aliphatic rings. The van der Waals surface area contributed by atoms with Crippen molar-refractivity contribution in [3.05, 3.63) is 182 Å². The van der Waals surface area contributed by atoms with Crippen LogP contribution in [0, 0.1) is 0 Å². The summed E-state index contributed by atoms with van der Waals surface area (Å²) in [7, 11) is 0. The van der Waals surface area contributed by atoms with Gasteiger partial charge in [-0.2, -0.15) is 0 Å². The van der Waals surface area contributed by atoms with Crippen LogP contribution in [0.5, 0.6) is 0 Å². The minimum absolute atomic E-state index is 0.874. The van der Waals surface area contributed by atoms with Crippen LogP contribution in [0.2, 0.25) is 0 Å². The van der Waals surface area contributed by atoms with Crippen molar-refractivity contribution in [1.82, 2.24) is 4.57 Å². The lowest BCUT2D eigenvalue weighted by Crippen LogP contribution is -2.10. The predicted octanol–water partition coefficient (Wildman–Crippen LogP) is 13.0. The second-order valence-electron chi connectivity index (χ2n) is 12.5. The Hall–Kier alpha value is -6.58. The van der Waals surface area contributed by atoms with E-state index < -0.39 is 0 Å². The molecule has 8 aromatic carbocycles. The number of furan rings is 1. The van der Waals surface area contributed by atoms with Crippen LogP contribution in [0.25, 0.3) is 71.3 Å². The lowest BCUT2D eigenvalue weighted by atomic mass is 10.0. The van der Waals surface area contributed by atoms with Gasteiger partial charge in [0.05, 0.1) is 22.1 Å². The first-order valence-corrected chi connectivity index (χ1v) is 16.7. The van der Waals surface area contributed by atoms with Crippen LogP contribution in [-0.4, -0.2) is 4.57 Å². The lowest BCUT2D eigenvalue weighted by molar-refractivity contribution is 0.669. The van der Waals surface area contributed by atoms with Crippen molar-refractivity contribution >= 4 is 71.6 Å². The summed E-state index contributed by atoms with van der Waals surface area (Å²) in [6.07, 6.45) is 0. The Morgan fingerprint density at radius 2 is 1.02 bits per heavy atom. The summed E-state index contributed by atoms with van der Waals surface area (Å²) in [5.74, 6) is 0. The number of para-hydroxylation sites is 2. The van der Waals surface area contributed by atoms with E-state index in [0.29, 0.717) is 0 Å². The third-order valence-corrected chi connectivity index (χ3v) is 9.78. The van der Waals surface area contributed by atoms with Crippen molar-refractivity contribution in [2.75, 3.05) is 4.90 Å². The smallest absolute Gasteiger partial charge is 0.137 e. The Labute approximate surface area is 283 Å². The molecule has 0 saturated carbocycles. The van der Waals surface area contributed by atoms with E-state index in [1.165, 1.54) is 43.7 Å². The Morgan fingerprint density at radius 3 is 1.84 bits per heavy atom. The summed E-state index contributed by atoms with van der Waals surface area (Å²) >= 11 is 0. The van der Waals surface area contributed by atoms with Gasteiger partial charge < -0.3 is 13.9 Å². The molecule has 0 atom stereocenters. The standard InChI is InChI=1S/C46H30N2O/c1-2-11-31(12-3-1)32-21-24-34(25-22-32)47(41-18-10-20-44-46(41)39-16-7-9-19-43(39)49-44)35-26-28-36(29-27-35)48-40-17-8-6-15-38(40)45-37-14-5-4-13-33(37)23-30-42(45)48/h1-30H. The van der Waals surface area contributed by atoms with Crippen molar-refractivity contribution in [3.63, 3.8) is 0 Å². The molecule has 0 aliphatic carbocycles. The van der Waals surface area contributed by atoms with Gasteiger partial charge in [0.1, 0.15) is 11.2 Å². The summed E-state index contributed by atoms with van der Waals surface area (Å²) in [6, 6.07) is 64.9. The highest BCUT2D eigenvalue weighted by Crippen LogP contribution is 2.44. The van der Waals surface area contributed by atoms with Crippen LogP contribution in [0.3, 0.4) is 0 Å². The highest BCUT2D eigenvalue weighted by atomic mass is 16.3. The summed E-state index contributed by atoms with van der Waals surface area (Å²) in [4.78, 5) is 2.35. The fourth-order valence-corrected chi connectivity index (χ4v) is 7.57. The van der Waals surface area contributed by atoms with Crippen LogP contribution >= 0.6 is 0 Å². The van der Waals surface area contributed by atoms with Crippen LogP contribution in [0.1, 0.15) is 0 Å². The first kappa shape index (κ1) is 27.5. The van der Waals surface area contributed by atoms with Crippen LogP contribution in [-0.2, 0) is 0 Å². The van der Waals surface area contributed by atoms with E-state index in [0.717, 1.165) is 44.7 Å². The van der Waals surface area contributed by atoms with Gasteiger partial charge in [-0.1, -0.05) is 115 Å². The van der Waals surface area contributed by atoms with E-state index in [9.17, 15) is 0 Å². The molecule has 0 spiro atoms. The minimum atomic E-state index is 0.874. The number of nitrogens with zero attached hydrogens (tertiary/aromatic N) is 2. The molecular formula is C46H30N2O. The zero-order valence-electron chi connectivity index (χ0n) is 26.6. The third kappa shape index (κ3) is 4.37. The number of aromatic nitrogens is 1. The third-order valence-electron chi connectivity index (χ3n) is 9.78. The molecule has 0 saturated heterocycles. The molecule has 0 bridgehead atoms. The van der Waals surface area contributed by atoms with E-state index in [-0.39, 0.29) is 0 Å². The Balaban J connectivity index is 1.16. The SMILES string of the molecule is c1ccc(-c2ccc(N(c3ccc(-n4c5ccccc5c5c6ccccc6ccc54)cc3)c3cccc4oc5ccccc5c34)cc2)cc1. The van der Waals surface area contributed by atoms with Crippen molar-refractivity contribution in [2.24, 2.45) is 0 Å². The maximum absolute atomic E-state index is 6.34. The normalized spacial score (nSPS) is 11.7. The second-order valence-corrected chi connectivity index (χ2v) is 12.5. The molecule has 230 valence electrons. The Bertz CT molecular complexity index is 2810. The summed E-state index contributed by atoms with van der Waals surface area (Å²) in [6.45, 7) is 0. The van der Waals surface area contributed by atoms with Crippen LogP contribution in [0.15, 0.2) is 186 Å². The number of anilines is 3. The van der Waals surface area contributed by atoms with Gasteiger partial charge in [0.25, 0.3) is 0 Å². The van der Waals surface area contributed by atoms with Crippen molar-refractivity contribution in [2.45, 2.75) is 0 Å². The van der Waals surface area contributed by atoms with Crippen LogP contribution in [0.4, 0.5) is 17.1 Å². The first-order valence-electron chi connectivity index (χ1n) is 16.7. The van der Waals surface area contributed by atoms with Crippen molar-refractivity contribution in [1.29, 1.82) is 0 Å². The predicted molar refractivity (Wildman–Crippen MR) is 206 cm³/mol. The number of hydrogen-bond acceptors (Lipinski definition) is 2. The topological polar surface area (TPSA) is 21.3 Å². The maximum Gasteiger partial charge on any atom is 0.137 e. The van der Waals surface area contributed by atoms with Crippen molar-refractivity contribution < 1.29 is 4.42 Å². The molecule has 3 heteroatoms. The molecule has 0 radical (unpaired) electrons. The van der Waals surface area contributed by atoms with Gasteiger partial charge in [0.2, 0.25) is 0 Å². The molecule has 10 rings (SSSR count).